The van der Waals surface area contributed by atoms with Crippen LogP contribution in [0.4, 0.5) is 8.78 Å². The van der Waals surface area contributed by atoms with Crippen LogP contribution in [0.5, 0.6) is 5.75 Å². The number of carbonyl (C=O) groups is 1. The lowest BCUT2D eigenvalue weighted by Gasteiger charge is -2.30. The van der Waals surface area contributed by atoms with E-state index in [0.717, 1.165) is 19.4 Å². The molecule has 1 heterocycles. The molecule has 2 atom stereocenters. The number of halogens is 2. The number of hydrogen-bond donors (Lipinski definition) is 2. The molecule has 0 spiro atoms. The van der Waals surface area contributed by atoms with E-state index < -0.39 is 6.61 Å². The van der Waals surface area contributed by atoms with Crippen LogP contribution in [0, 0.1) is 0 Å². The molecule has 0 saturated carbocycles. The number of amides is 1. The van der Waals surface area contributed by atoms with Crippen LogP contribution in [-0.2, 0) is 0 Å². The van der Waals surface area contributed by atoms with E-state index in [0.29, 0.717) is 5.56 Å². The van der Waals surface area contributed by atoms with Crippen LogP contribution in [0.15, 0.2) is 24.3 Å². The van der Waals surface area contributed by atoms with E-state index in [4.69, 9.17) is 0 Å². The average Bonchev–Trinajstić information content (AvgIpc) is 2.41. The monoisotopic (exact) mass is 284 g/mol. The maximum Gasteiger partial charge on any atom is 0.387 e. The van der Waals surface area contributed by atoms with E-state index in [9.17, 15) is 13.6 Å². The minimum atomic E-state index is -2.89. The van der Waals surface area contributed by atoms with Crippen molar-refractivity contribution in [2.75, 3.05) is 6.54 Å². The molecular formula is C14H18F2N2O2. The first-order chi connectivity index (χ1) is 9.56. The van der Waals surface area contributed by atoms with Crippen LogP contribution in [0.2, 0.25) is 0 Å². The maximum absolute atomic E-state index is 12.1. The van der Waals surface area contributed by atoms with Gasteiger partial charge < -0.3 is 15.4 Å². The summed E-state index contributed by atoms with van der Waals surface area (Å²) in [5.41, 5.74) is 0.320. The van der Waals surface area contributed by atoms with Crippen molar-refractivity contribution < 1.29 is 18.3 Å². The van der Waals surface area contributed by atoms with Gasteiger partial charge in [0.2, 0.25) is 0 Å². The molecule has 0 aromatic heterocycles. The molecule has 110 valence electrons. The van der Waals surface area contributed by atoms with Crippen LogP contribution in [-0.4, -0.2) is 31.1 Å². The molecule has 0 aliphatic carbocycles. The molecule has 1 aliphatic rings. The normalized spacial score (nSPS) is 22.6. The molecule has 1 amide bonds. The van der Waals surface area contributed by atoms with Crippen LogP contribution >= 0.6 is 0 Å². The van der Waals surface area contributed by atoms with Crippen molar-refractivity contribution in [3.63, 3.8) is 0 Å². The van der Waals surface area contributed by atoms with Crippen molar-refractivity contribution in [3.8, 4) is 5.75 Å². The number of piperidine rings is 1. The molecule has 2 rings (SSSR count). The van der Waals surface area contributed by atoms with Gasteiger partial charge in [0.1, 0.15) is 5.75 Å². The number of alkyl halides is 2. The second-order valence-electron chi connectivity index (χ2n) is 4.87. The summed E-state index contributed by atoms with van der Waals surface area (Å²) in [6.45, 7) is 0.0713. The second-order valence-corrected chi connectivity index (χ2v) is 4.87. The molecule has 2 N–H and O–H groups in total. The summed E-state index contributed by atoms with van der Waals surface area (Å²) in [7, 11) is 0. The Labute approximate surface area is 116 Å². The molecule has 1 aromatic carbocycles. The Kier molecular flexibility index (Phi) is 4.89. The summed E-state index contributed by atoms with van der Waals surface area (Å²) in [4.78, 5) is 12.1. The third-order valence-corrected chi connectivity index (χ3v) is 3.40. The summed E-state index contributed by atoms with van der Waals surface area (Å²) in [6, 6.07) is 6.07. The first-order valence-corrected chi connectivity index (χ1v) is 6.65. The van der Waals surface area contributed by atoms with Crippen molar-refractivity contribution in [3.05, 3.63) is 29.8 Å². The molecule has 1 aliphatic heterocycles. The van der Waals surface area contributed by atoms with E-state index in [1.807, 2.05) is 6.92 Å². The predicted octanol–water partition coefficient (Wildman–Crippen LogP) is 2.16. The molecule has 1 aromatic rings. The van der Waals surface area contributed by atoms with E-state index in [-0.39, 0.29) is 23.7 Å². The van der Waals surface area contributed by atoms with Gasteiger partial charge in [0, 0.05) is 17.6 Å². The zero-order valence-electron chi connectivity index (χ0n) is 11.2. The van der Waals surface area contributed by atoms with E-state index in [1.165, 1.54) is 18.2 Å². The summed E-state index contributed by atoms with van der Waals surface area (Å²) in [6.07, 6.45) is 1.91. The van der Waals surface area contributed by atoms with E-state index >= 15 is 0 Å². The quantitative estimate of drug-likeness (QED) is 0.891. The van der Waals surface area contributed by atoms with Gasteiger partial charge in [0.05, 0.1) is 0 Å². The van der Waals surface area contributed by atoms with Gasteiger partial charge >= 0.3 is 6.61 Å². The number of benzene rings is 1. The Morgan fingerprint density at radius 3 is 3.00 bits per heavy atom. The molecule has 4 nitrogen and oxygen atoms in total. The minimum Gasteiger partial charge on any atom is -0.435 e. The van der Waals surface area contributed by atoms with E-state index in [2.05, 4.69) is 15.4 Å². The fourth-order valence-corrected chi connectivity index (χ4v) is 2.31. The van der Waals surface area contributed by atoms with Gasteiger partial charge in [0.15, 0.2) is 0 Å². The largest absolute Gasteiger partial charge is 0.435 e. The fraction of sp³-hybridized carbons (Fsp3) is 0.500. The van der Waals surface area contributed by atoms with Crippen molar-refractivity contribution >= 4 is 5.91 Å². The summed E-state index contributed by atoms with van der Waals surface area (Å²) >= 11 is 0. The van der Waals surface area contributed by atoms with Crippen LogP contribution in [0.3, 0.4) is 0 Å². The van der Waals surface area contributed by atoms with Crippen LogP contribution in [0.1, 0.15) is 30.1 Å². The standard InChI is InChI=1S/C14H18F2N2O2/c1-9-12(6-3-7-17-9)18-13(19)10-4-2-5-11(8-10)20-14(15)16/h2,4-5,8-9,12,14,17H,3,6-7H2,1H3,(H,18,19). The Morgan fingerprint density at radius 1 is 1.50 bits per heavy atom. The lowest BCUT2D eigenvalue weighted by molar-refractivity contribution is -0.0498. The number of ether oxygens (including phenoxy) is 1. The molecule has 0 bridgehead atoms. The molecule has 2 unspecified atom stereocenters. The van der Waals surface area contributed by atoms with Gasteiger partial charge in [-0.15, -0.1) is 0 Å². The molecular weight excluding hydrogens is 266 g/mol. The lowest BCUT2D eigenvalue weighted by atomic mass is 9.99. The predicted molar refractivity (Wildman–Crippen MR) is 71.0 cm³/mol. The maximum atomic E-state index is 12.1. The Balaban J connectivity index is 2.01. The minimum absolute atomic E-state index is 0.0116. The first-order valence-electron chi connectivity index (χ1n) is 6.65. The Bertz CT molecular complexity index is 468. The number of nitrogens with one attached hydrogen (secondary N) is 2. The van der Waals surface area contributed by atoms with E-state index in [1.54, 1.807) is 6.07 Å². The van der Waals surface area contributed by atoms with Gasteiger partial charge in [0.25, 0.3) is 5.91 Å². The molecule has 20 heavy (non-hydrogen) atoms. The molecule has 0 radical (unpaired) electrons. The van der Waals surface area contributed by atoms with Gasteiger partial charge in [-0.25, -0.2) is 0 Å². The molecule has 1 saturated heterocycles. The topological polar surface area (TPSA) is 50.4 Å². The van der Waals surface area contributed by atoms with Gasteiger partial charge in [-0.3, -0.25) is 4.79 Å². The fourth-order valence-electron chi connectivity index (χ4n) is 2.31. The highest BCUT2D eigenvalue weighted by atomic mass is 19.3. The highest BCUT2D eigenvalue weighted by Gasteiger charge is 2.23. The summed E-state index contributed by atoms with van der Waals surface area (Å²) in [5.74, 6) is -0.285. The number of rotatable bonds is 4. The number of hydrogen-bond acceptors (Lipinski definition) is 3. The molecule has 1 fully saturated rings. The highest BCUT2D eigenvalue weighted by molar-refractivity contribution is 5.94. The zero-order chi connectivity index (χ0) is 14.5. The second kappa shape index (κ2) is 6.65. The highest BCUT2D eigenvalue weighted by Crippen LogP contribution is 2.16. The number of carbonyl (C=O) groups excluding carboxylic acids is 1. The SMILES string of the molecule is CC1NCCCC1NC(=O)c1cccc(OC(F)F)c1. The zero-order valence-corrected chi connectivity index (χ0v) is 11.2. The van der Waals surface area contributed by atoms with Crippen molar-refractivity contribution in [2.24, 2.45) is 0 Å². The van der Waals surface area contributed by atoms with Crippen LogP contribution < -0.4 is 15.4 Å². The average molecular weight is 284 g/mol. The van der Waals surface area contributed by atoms with Crippen molar-refractivity contribution in [1.29, 1.82) is 0 Å². The Morgan fingerprint density at radius 2 is 2.30 bits per heavy atom. The third kappa shape index (κ3) is 3.90. The third-order valence-electron chi connectivity index (χ3n) is 3.40. The van der Waals surface area contributed by atoms with Crippen molar-refractivity contribution in [2.45, 2.75) is 38.5 Å². The lowest BCUT2D eigenvalue weighted by Crippen LogP contribution is -2.51. The van der Waals surface area contributed by atoms with Gasteiger partial charge in [-0.05, 0) is 44.5 Å². The smallest absolute Gasteiger partial charge is 0.387 e. The van der Waals surface area contributed by atoms with Crippen LogP contribution in [0.25, 0.3) is 0 Å². The summed E-state index contributed by atoms with van der Waals surface area (Å²) < 4.78 is 28.6. The Hall–Kier alpha value is -1.69. The summed E-state index contributed by atoms with van der Waals surface area (Å²) in [5, 5.41) is 6.21. The molecule has 6 heteroatoms. The van der Waals surface area contributed by atoms with Gasteiger partial charge in [-0.2, -0.15) is 8.78 Å². The van der Waals surface area contributed by atoms with Crippen molar-refractivity contribution in [1.82, 2.24) is 10.6 Å². The first kappa shape index (κ1) is 14.7. The van der Waals surface area contributed by atoms with Gasteiger partial charge in [-0.1, -0.05) is 6.07 Å².